The lowest BCUT2D eigenvalue weighted by Crippen LogP contribution is -2.54. The molecular formula is C31H42N6O4S. The molecular weight excluding hydrogens is 552 g/mol. The first-order chi connectivity index (χ1) is 20.0. The molecule has 2 aliphatic rings. The number of piperazine rings is 1. The average Bonchev–Trinajstić information content (AvgIpc) is 3.70. The minimum Gasteiger partial charge on any atom is -0.391 e. The number of β-amino-alcohol motifs (C(OH)–C–C–N with tert-alkyl or cyclic N) is 1. The number of nitrogens with zero attached hydrogens (tertiary/aromatic N) is 4. The number of hydrogen-bond acceptors (Lipinski definition) is 9. The first kappa shape index (κ1) is 30.2. The van der Waals surface area contributed by atoms with Crippen LogP contribution < -0.4 is 15.5 Å². The van der Waals surface area contributed by atoms with E-state index < -0.39 is 18.1 Å². The maximum absolute atomic E-state index is 14.0. The molecule has 5 rings (SSSR count). The SMILES string of the molecule is Cc1ncsc1-c1ccc([C@H](C)NC(=O)[C@@H]2C[C@@H](O)CN2C(=O)[C@@H](c2cc(N3C[C@@H](C)NC[C@@H]3C)no2)C(C)C)cc1. The fraction of sp³-hybridized carbons (Fsp3) is 0.548. The maximum atomic E-state index is 14.0. The second kappa shape index (κ2) is 12.5. The Morgan fingerprint density at radius 3 is 2.57 bits per heavy atom. The molecule has 2 saturated heterocycles. The molecule has 2 aromatic heterocycles. The van der Waals surface area contributed by atoms with Gasteiger partial charge in [-0.25, -0.2) is 4.98 Å². The number of thiazole rings is 1. The van der Waals surface area contributed by atoms with Crippen molar-refractivity contribution in [3.05, 3.63) is 52.9 Å². The van der Waals surface area contributed by atoms with Gasteiger partial charge in [-0.3, -0.25) is 9.59 Å². The van der Waals surface area contributed by atoms with Crippen molar-refractivity contribution in [2.75, 3.05) is 24.5 Å². The molecule has 4 heterocycles. The Balaban J connectivity index is 1.29. The molecule has 6 atom stereocenters. The van der Waals surface area contributed by atoms with Crippen molar-refractivity contribution in [3.63, 3.8) is 0 Å². The second-order valence-electron chi connectivity index (χ2n) is 12.1. The lowest BCUT2D eigenvalue weighted by molar-refractivity contribution is -0.141. The Morgan fingerprint density at radius 2 is 1.90 bits per heavy atom. The number of carbonyl (C=O) groups excluding carboxylic acids is 2. The van der Waals surface area contributed by atoms with E-state index in [1.54, 1.807) is 11.3 Å². The summed E-state index contributed by atoms with van der Waals surface area (Å²) < 4.78 is 5.77. The molecule has 226 valence electrons. The number of carbonyl (C=O) groups is 2. The third-order valence-electron chi connectivity index (χ3n) is 8.46. The lowest BCUT2D eigenvalue weighted by atomic mass is 9.91. The summed E-state index contributed by atoms with van der Waals surface area (Å²) in [6.45, 7) is 13.8. The second-order valence-corrected chi connectivity index (χ2v) is 13.0. The Morgan fingerprint density at radius 1 is 1.17 bits per heavy atom. The van der Waals surface area contributed by atoms with Gasteiger partial charge in [0.15, 0.2) is 11.6 Å². The Kier molecular flexibility index (Phi) is 9.00. The highest BCUT2D eigenvalue weighted by molar-refractivity contribution is 7.13. The third-order valence-corrected chi connectivity index (χ3v) is 9.43. The maximum Gasteiger partial charge on any atom is 0.243 e. The van der Waals surface area contributed by atoms with Gasteiger partial charge in [0.2, 0.25) is 11.8 Å². The van der Waals surface area contributed by atoms with Crippen molar-refractivity contribution >= 4 is 29.0 Å². The molecule has 42 heavy (non-hydrogen) atoms. The highest BCUT2D eigenvalue weighted by Crippen LogP contribution is 2.34. The number of aliphatic hydroxyl groups is 1. The fourth-order valence-electron chi connectivity index (χ4n) is 6.02. The first-order valence-electron chi connectivity index (χ1n) is 14.8. The molecule has 0 unspecified atom stereocenters. The van der Waals surface area contributed by atoms with Gasteiger partial charge < -0.3 is 30.1 Å². The number of nitrogens with one attached hydrogen (secondary N) is 2. The highest BCUT2D eigenvalue weighted by atomic mass is 32.1. The van der Waals surface area contributed by atoms with Crippen molar-refractivity contribution in [1.82, 2.24) is 25.7 Å². The molecule has 2 amide bonds. The molecule has 10 nitrogen and oxygen atoms in total. The van der Waals surface area contributed by atoms with E-state index in [0.29, 0.717) is 17.6 Å². The zero-order valence-electron chi connectivity index (χ0n) is 25.2. The number of aromatic nitrogens is 2. The predicted molar refractivity (Wildman–Crippen MR) is 163 cm³/mol. The van der Waals surface area contributed by atoms with E-state index in [2.05, 4.69) is 39.5 Å². The number of rotatable bonds is 8. The number of hydrogen-bond donors (Lipinski definition) is 3. The molecule has 1 aromatic carbocycles. The zero-order chi connectivity index (χ0) is 30.1. The Labute approximate surface area is 251 Å². The molecule has 0 aliphatic carbocycles. The molecule has 2 aliphatic heterocycles. The number of anilines is 1. The van der Waals surface area contributed by atoms with Gasteiger partial charge in [0, 0.05) is 44.2 Å². The zero-order valence-corrected chi connectivity index (χ0v) is 26.0. The summed E-state index contributed by atoms with van der Waals surface area (Å²) in [5.41, 5.74) is 4.87. The number of aryl methyl sites for hydroxylation is 1. The number of benzene rings is 1. The minimum atomic E-state index is -0.775. The smallest absolute Gasteiger partial charge is 0.243 e. The number of aliphatic hydroxyl groups excluding tert-OH is 1. The van der Waals surface area contributed by atoms with Gasteiger partial charge in [-0.2, -0.15) is 0 Å². The molecule has 3 N–H and O–H groups in total. The Hall–Kier alpha value is -3.28. The predicted octanol–water partition coefficient (Wildman–Crippen LogP) is 3.87. The first-order valence-corrected chi connectivity index (χ1v) is 15.7. The van der Waals surface area contributed by atoms with Crippen LogP contribution in [0.1, 0.15) is 70.0 Å². The average molecular weight is 595 g/mol. The summed E-state index contributed by atoms with van der Waals surface area (Å²) in [4.78, 5) is 36.7. The van der Waals surface area contributed by atoms with E-state index in [9.17, 15) is 14.7 Å². The summed E-state index contributed by atoms with van der Waals surface area (Å²) in [6.07, 6.45) is -0.584. The molecule has 0 spiro atoms. The van der Waals surface area contributed by atoms with Gasteiger partial charge in [0.1, 0.15) is 12.0 Å². The van der Waals surface area contributed by atoms with Crippen molar-refractivity contribution in [3.8, 4) is 10.4 Å². The van der Waals surface area contributed by atoms with E-state index in [1.807, 2.05) is 63.5 Å². The van der Waals surface area contributed by atoms with Gasteiger partial charge in [0.05, 0.1) is 28.2 Å². The monoisotopic (exact) mass is 594 g/mol. The standard InChI is InChI=1S/C31H42N6O4S/c1-17(2)28(26-12-27(35-41-26)36-14-18(3)32-13-19(36)4)31(40)37-15-24(38)11-25(37)30(39)34-20(5)22-7-9-23(10-8-22)29-21(6)33-16-42-29/h7-10,12,16-20,24-25,28,32,38H,11,13-15H2,1-6H3,(H,34,39)/t18-,19+,20+,24-,25+,28-/m1/s1. The molecule has 0 radical (unpaired) electrons. The van der Waals surface area contributed by atoms with Crippen LogP contribution in [0, 0.1) is 12.8 Å². The van der Waals surface area contributed by atoms with Crippen LogP contribution in [0.4, 0.5) is 5.82 Å². The van der Waals surface area contributed by atoms with Crippen LogP contribution in [0.15, 0.2) is 40.4 Å². The molecule has 0 bridgehead atoms. The van der Waals surface area contributed by atoms with Crippen LogP contribution >= 0.6 is 11.3 Å². The van der Waals surface area contributed by atoms with Crippen LogP contribution in [0.2, 0.25) is 0 Å². The number of amides is 2. The third kappa shape index (κ3) is 6.23. The topological polar surface area (TPSA) is 124 Å². The fourth-order valence-corrected chi connectivity index (χ4v) is 6.83. The van der Waals surface area contributed by atoms with E-state index in [0.717, 1.165) is 34.8 Å². The van der Waals surface area contributed by atoms with Gasteiger partial charge in [-0.1, -0.05) is 43.3 Å². The van der Waals surface area contributed by atoms with Crippen molar-refractivity contribution < 1.29 is 19.2 Å². The summed E-state index contributed by atoms with van der Waals surface area (Å²) in [5, 5.41) is 21.4. The van der Waals surface area contributed by atoms with Crippen molar-refractivity contribution in [2.24, 2.45) is 5.92 Å². The Bertz CT molecular complexity index is 1390. The quantitative estimate of drug-likeness (QED) is 0.359. The highest BCUT2D eigenvalue weighted by Gasteiger charge is 2.43. The van der Waals surface area contributed by atoms with Crippen LogP contribution in [0.5, 0.6) is 0 Å². The van der Waals surface area contributed by atoms with E-state index in [-0.39, 0.29) is 42.8 Å². The lowest BCUT2D eigenvalue weighted by Gasteiger charge is -2.37. The van der Waals surface area contributed by atoms with E-state index >= 15 is 0 Å². The van der Waals surface area contributed by atoms with Crippen LogP contribution in [-0.4, -0.2) is 75.8 Å². The normalized spacial score (nSPS) is 24.2. The molecule has 11 heteroatoms. The van der Waals surface area contributed by atoms with Crippen LogP contribution in [0.25, 0.3) is 10.4 Å². The number of likely N-dealkylation sites (tertiary alicyclic amines) is 1. The van der Waals surface area contributed by atoms with Gasteiger partial charge >= 0.3 is 0 Å². The molecule has 2 fully saturated rings. The van der Waals surface area contributed by atoms with Crippen molar-refractivity contribution in [2.45, 2.75) is 84.2 Å². The van der Waals surface area contributed by atoms with Crippen molar-refractivity contribution in [1.29, 1.82) is 0 Å². The van der Waals surface area contributed by atoms with E-state index in [4.69, 9.17) is 4.52 Å². The summed E-state index contributed by atoms with van der Waals surface area (Å²) in [6, 6.07) is 9.45. The summed E-state index contributed by atoms with van der Waals surface area (Å²) >= 11 is 1.60. The van der Waals surface area contributed by atoms with Crippen LogP contribution in [0.3, 0.4) is 0 Å². The minimum absolute atomic E-state index is 0.0984. The summed E-state index contributed by atoms with van der Waals surface area (Å²) in [7, 11) is 0. The summed E-state index contributed by atoms with van der Waals surface area (Å²) in [5.74, 6) is -0.0393. The van der Waals surface area contributed by atoms with Crippen LogP contribution in [-0.2, 0) is 9.59 Å². The van der Waals surface area contributed by atoms with Gasteiger partial charge in [-0.05, 0) is 44.7 Å². The molecule has 0 saturated carbocycles. The van der Waals surface area contributed by atoms with Gasteiger partial charge in [-0.15, -0.1) is 11.3 Å². The van der Waals surface area contributed by atoms with Gasteiger partial charge in [0.25, 0.3) is 0 Å². The van der Waals surface area contributed by atoms with E-state index in [1.165, 1.54) is 4.90 Å². The molecule has 3 aromatic rings. The largest absolute Gasteiger partial charge is 0.391 e.